The van der Waals surface area contributed by atoms with E-state index < -0.39 is 12.0 Å². The minimum atomic E-state index is -1.39. The summed E-state index contributed by atoms with van der Waals surface area (Å²) in [6.45, 7) is 0.649. The fourth-order valence-corrected chi connectivity index (χ4v) is 0.775. The Morgan fingerprint density at radius 2 is 2.75 bits per heavy atom. The third-order valence-corrected chi connectivity index (χ3v) is 1.20. The van der Waals surface area contributed by atoms with Crippen molar-refractivity contribution in [2.45, 2.75) is 18.9 Å². The molecule has 8 heavy (non-hydrogen) atoms. The Kier molecular flexibility index (Phi) is 1.15. The molecule has 1 rings (SSSR count). The van der Waals surface area contributed by atoms with Crippen molar-refractivity contribution in [2.75, 3.05) is 6.54 Å². The molecule has 1 unspecified atom stereocenters. The van der Waals surface area contributed by atoms with E-state index in [9.17, 15) is 4.79 Å². The molecular weight excluding hydrogens is 106 g/mol. The maximum absolute atomic E-state index is 10.3. The molecule has 1 saturated heterocycles. The fourth-order valence-electron chi connectivity index (χ4n) is 0.775. The summed E-state index contributed by atoms with van der Waals surface area (Å²) >= 11 is 0. The van der Waals surface area contributed by atoms with Crippen molar-refractivity contribution < 1.29 is 11.3 Å². The minimum Gasteiger partial charge on any atom is -0.480 e. The number of carboxylic acid groups (broad SMARTS) is 1. The van der Waals surface area contributed by atoms with Gasteiger partial charge in [0.05, 0.1) is 1.37 Å². The number of carbonyl (C=O) groups is 1. The van der Waals surface area contributed by atoms with Crippen LogP contribution in [0, 0.1) is 0 Å². The number of aliphatic carboxylic acids is 1. The van der Waals surface area contributed by atoms with Crippen LogP contribution in [0.15, 0.2) is 0 Å². The Morgan fingerprint density at radius 1 is 2.00 bits per heavy atom. The summed E-state index contributed by atoms with van der Waals surface area (Å²) in [5, 5.41) is 11.0. The van der Waals surface area contributed by atoms with Crippen molar-refractivity contribution in [2.24, 2.45) is 0 Å². The van der Waals surface area contributed by atoms with Gasteiger partial charge < -0.3 is 10.4 Å². The molecule has 0 saturated carbocycles. The van der Waals surface area contributed by atoms with Crippen molar-refractivity contribution in [1.82, 2.24) is 5.32 Å². The minimum absolute atomic E-state index is 0.419. The van der Waals surface area contributed by atoms with Crippen LogP contribution in [-0.2, 0) is 4.79 Å². The maximum Gasteiger partial charge on any atom is 0.320 e. The lowest BCUT2D eigenvalue weighted by molar-refractivity contribution is -0.139. The molecular formula is C5H9NO2. The summed E-state index contributed by atoms with van der Waals surface area (Å²) in [6.07, 6.45) is 1.21. The summed E-state index contributed by atoms with van der Waals surface area (Å²) < 4.78 is 7.22. The van der Waals surface area contributed by atoms with Gasteiger partial charge in [0.15, 0.2) is 0 Å². The lowest BCUT2D eigenvalue weighted by atomic mass is 10.2. The van der Waals surface area contributed by atoms with E-state index in [-0.39, 0.29) is 0 Å². The first-order valence-corrected chi connectivity index (χ1v) is 2.63. The molecule has 0 aliphatic carbocycles. The number of nitrogens with one attached hydrogen (secondary N) is 1. The highest BCUT2D eigenvalue weighted by Gasteiger charge is 2.20. The van der Waals surface area contributed by atoms with Gasteiger partial charge in [0.25, 0.3) is 0 Å². The summed E-state index contributed by atoms with van der Waals surface area (Å²) in [5.41, 5.74) is 0. The van der Waals surface area contributed by atoms with Crippen LogP contribution in [-0.4, -0.2) is 23.6 Å². The van der Waals surface area contributed by atoms with Crippen LogP contribution < -0.4 is 5.32 Å². The van der Waals surface area contributed by atoms with Gasteiger partial charge in [0, 0.05) is 0 Å². The van der Waals surface area contributed by atoms with Crippen LogP contribution in [0.5, 0.6) is 0 Å². The molecule has 1 fully saturated rings. The zero-order valence-corrected chi connectivity index (χ0v) is 4.48. The summed E-state index contributed by atoms with van der Waals surface area (Å²) in [5.74, 6) is -1.07. The molecule has 1 aliphatic rings. The third-order valence-electron chi connectivity index (χ3n) is 1.20. The monoisotopic (exact) mass is 116 g/mol. The van der Waals surface area contributed by atoms with Gasteiger partial charge in [0.1, 0.15) is 6.02 Å². The van der Waals surface area contributed by atoms with Gasteiger partial charge >= 0.3 is 5.97 Å². The van der Waals surface area contributed by atoms with Gasteiger partial charge in [-0.3, -0.25) is 4.79 Å². The number of carboxylic acids is 1. The molecule has 2 N–H and O–H groups in total. The molecule has 1 atom stereocenters. The van der Waals surface area contributed by atoms with E-state index in [0.29, 0.717) is 13.0 Å². The summed E-state index contributed by atoms with van der Waals surface area (Å²) in [4.78, 5) is 10.3. The van der Waals surface area contributed by atoms with Crippen molar-refractivity contribution in [1.29, 1.82) is 0 Å². The fraction of sp³-hybridized carbons (Fsp3) is 0.800. The second-order valence-corrected chi connectivity index (χ2v) is 1.81. The normalized spacial score (nSPS) is 39.2. The molecule has 0 bridgehead atoms. The standard InChI is InChI=1S/C5H9NO2/c7-5(8)4-2-1-3-6-4/h4,6H,1-3H2,(H,7,8)/i4D. The Morgan fingerprint density at radius 3 is 3.00 bits per heavy atom. The van der Waals surface area contributed by atoms with Gasteiger partial charge in [0.2, 0.25) is 0 Å². The highest BCUT2D eigenvalue weighted by molar-refractivity contribution is 5.73. The molecule has 0 aromatic heterocycles. The molecule has 0 spiro atoms. The Bertz CT molecular complexity index is 131. The molecule has 0 amide bonds. The first kappa shape index (κ1) is 4.32. The predicted molar refractivity (Wildman–Crippen MR) is 28.7 cm³/mol. The van der Waals surface area contributed by atoms with E-state index in [2.05, 4.69) is 5.32 Å². The maximum atomic E-state index is 10.3. The van der Waals surface area contributed by atoms with Gasteiger partial charge in [-0.2, -0.15) is 0 Å². The van der Waals surface area contributed by atoms with Crippen molar-refractivity contribution in [3.63, 3.8) is 0 Å². The molecule has 46 valence electrons. The van der Waals surface area contributed by atoms with Crippen molar-refractivity contribution in [3.05, 3.63) is 0 Å². The van der Waals surface area contributed by atoms with Crippen LogP contribution in [0.2, 0.25) is 0 Å². The Hall–Kier alpha value is -0.570. The SMILES string of the molecule is [2H]C1(C(=O)O)CCCN1. The topological polar surface area (TPSA) is 49.3 Å². The third kappa shape index (κ3) is 0.980. The first-order chi connectivity index (χ1) is 4.15. The molecule has 3 nitrogen and oxygen atoms in total. The van der Waals surface area contributed by atoms with E-state index in [1.807, 2.05) is 0 Å². The van der Waals surface area contributed by atoms with E-state index in [1.54, 1.807) is 0 Å². The van der Waals surface area contributed by atoms with Gasteiger partial charge in [-0.1, -0.05) is 0 Å². The van der Waals surface area contributed by atoms with E-state index >= 15 is 0 Å². The van der Waals surface area contributed by atoms with Crippen LogP contribution in [0.4, 0.5) is 0 Å². The van der Waals surface area contributed by atoms with Crippen LogP contribution in [0.1, 0.15) is 14.2 Å². The second-order valence-electron chi connectivity index (χ2n) is 1.81. The molecule has 3 heteroatoms. The van der Waals surface area contributed by atoms with E-state index in [4.69, 9.17) is 6.48 Å². The average Bonchev–Trinajstić information content (AvgIpc) is 2.16. The van der Waals surface area contributed by atoms with Crippen molar-refractivity contribution >= 4 is 5.97 Å². The zero-order valence-electron chi connectivity index (χ0n) is 5.48. The van der Waals surface area contributed by atoms with Crippen LogP contribution >= 0.6 is 0 Å². The van der Waals surface area contributed by atoms with Crippen molar-refractivity contribution in [3.8, 4) is 0 Å². The highest BCUT2D eigenvalue weighted by atomic mass is 16.4. The first-order valence-electron chi connectivity index (χ1n) is 3.13. The van der Waals surface area contributed by atoms with Gasteiger partial charge in [-0.25, -0.2) is 0 Å². The van der Waals surface area contributed by atoms with E-state index in [0.717, 1.165) is 6.42 Å². The molecule has 0 aromatic rings. The van der Waals surface area contributed by atoms with Gasteiger partial charge in [-0.05, 0) is 19.4 Å². The van der Waals surface area contributed by atoms with Crippen LogP contribution in [0.3, 0.4) is 0 Å². The zero-order chi connectivity index (χ0) is 6.91. The quantitative estimate of drug-likeness (QED) is 0.499. The summed E-state index contributed by atoms with van der Waals surface area (Å²) in [6, 6.07) is -1.39. The molecule has 0 aromatic carbocycles. The van der Waals surface area contributed by atoms with Crippen LogP contribution in [0.25, 0.3) is 0 Å². The molecule has 1 aliphatic heterocycles. The average molecular weight is 116 g/mol. The number of rotatable bonds is 1. The smallest absolute Gasteiger partial charge is 0.320 e. The largest absolute Gasteiger partial charge is 0.480 e. The number of hydrogen-bond donors (Lipinski definition) is 2. The lowest BCUT2D eigenvalue weighted by Gasteiger charge is -1.99. The highest BCUT2D eigenvalue weighted by Crippen LogP contribution is 2.03. The number of hydrogen-bond acceptors (Lipinski definition) is 2. The second kappa shape index (κ2) is 2.13. The van der Waals surface area contributed by atoms with Gasteiger partial charge in [-0.15, -0.1) is 0 Å². The Balaban J connectivity index is 2.61. The predicted octanol–water partition coefficient (Wildman–Crippen LogP) is -0.177. The summed E-state index contributed by atoms with van der Waals surface area (Å²) in [7, 11) is 0. The van der Waals surface area contributed by atoms with E-state index in [1.165, 1.54) is 0 Å². The molecule has 1 heterocycles. The lowest BCUT2D eigenvalue weighted by Crippen LogP contribution is -2.29. The molecule has 0 radical (unpaired) electrons. The Labute approximate surface area is 49.1 Å².